The Labute approximate surface area is 201 Å². The third-order valence-electron chi connectivity index (χ3n) is 7.69. The van der Waals surface area contributed by atoms with Crippen LogP contribution in [0.2, 0.25) is 0 Å². The van der Waals surface area contributed by atoms with Crippen molar-refractivity contribution < 1.29 is 19.4 Å². The highest BCUT2D eigenvalue weighted by Gasteiger charge is 2.61. The Bertz CT molecular complexity index is 1060. The van der Waals surface area contributed by atoms with Gasteiger partial charge in [0.2, 0.25) is 0 Å². The number of benzene rings is 2. The van der Waals surface area contributed by atoms with E-state index in [9.17, 15) is 14.7 Å². The van der Waals surface area contributed by atoms with Gasteiger partial charge in [0.1, 0.15) is 11.4 Å². The summed E-state index contributed by atoms with van der Waals surface area (Å²) in [5.41, 5.74) is 0.343. The first-order valence-electron chi connectivity index (χ1n) is 11.9. The summed E-state index contributed by atoms with van der Waals surface area (Å²) < 4.78 is 6.23. The molecule has 2 fully saturated rings. The van der Waals surface area contributed by atoms with Crippen molar-refractivity contribution in [2.45, 2.75) is 49.7 Å². The van der Waals surface area contributed by atoms with E-state index in [4.69, 9.17) is 4.74 Å². The average Bonchev–Trinajstić information content (AvgIpc) is 2.83. The lowest BCUT2D eigenvalue weighted by molar-refractivity contribution is -0.188. The molecule has 180 valence electrons. The van der Waals surface area contributed by atoms with E-state index in [1.54, 1.807) is 12.1 Å². The number of likely N-dealkylation sites (tertiary alicyclic amines) is 1. The Morgan fingerprint density at radius 1 is 1.21 bits per heavy atom. The zero-order chi connectivity index (χ0) is 24.3. The zero-order valence-corrected chi connectivity index (χ0v) is 20.1. The van der Waals surface area contributed by atoms with E-state index in [1.165, 1.54) is 6.92 Å². The lowest BCUT2D eigenvalue weighted by Gasteiger charge is -2.60. The smallest absolute Gasteiger partial charge is 0.303 e. The molecule has 6 nitrogen and oxygen atoms in total. The van der Waals surface area contributed by atoms with Gasteiger partial charge in [-0.05, 0) is 62.1 Å². The molecule has 0 aromatic heterocycles. The average molecular weight is 463 g/mol. The number of phenols is 1. The fourth-order valence-corrected chi connectivity index (χ4v) is 6.08. The lowest BCUT2D eigenvalue weighted by atomic mass is 9.55. The molecule has 1 heterocycles. The van der Waals surface area contributed by atoms with Gasteiger partial charge in [-0.25, -0.2) is 0 Å². The quantitative estimate of drug-likeness (QED) is 0.516. The van der Waals surface area contributed by atoms with Crippen molar-refractivity contribution in [3.05, 3.63) is 78.4 Å². The number of hydrogen-bond acceptors (Lipinski definition) is 5. The summed E-state index contributed by atoms with van der Waals surface area (Å²) in [5.74, 6) is -0.133. The van der Waals surface area contributed by atoms with Crippen LogP contribution in [0, 0.1) is 0 Å². The predicted octanol–water partition coefficient (Wildman–Crippen LogP) is 4.15. The van der Waals surface area contributed by atoms with Crippen LogP contribution < -0.4 is 0 Å². The highest BCUT2D eigenvalue weighted by Crippen LogP contribution is 2.54. The molecule has 1 saturated heterocycles. The fourth-order valence-electron chi connectivity index (χ4n) is 6.08. The van der Waals surface area contributed by atoms with Crippen LogP contribution >= 0.6 is 0 Å². The monoisotopic (exact) mass is 462 g/mol. The van der Waals surface area contributed by atoms with Gasteiger partial charge in [0, 0.05) is 44.1 Å². The maximum Gasteiger partial charge on any atom is 0.303 e. The van der Waals surface area contributed by atoms with Crippen LogP contribution in [0.4, 0.5) is 0 Å². The second-order valence-electron chi connectivity index (χ2n) is 9.67. The zero-order valence-electron chi connectivity index (χ0n) is 20.1. The third-order valence-corrected chi connectivity index (χ3v) is 7.69. The van der Waals surface area contributed by atoms with Crippen molar-refractivity contribution in [2.24, 2.45) is 0 Å². The highest BCUT2D eigenvalue weighted by molar-refractivity contribution is 5.94. The van der Waals surface area contributed by atoms with E-state index in [2.05, 4.69) is 11.5 Å². The molecule has 0 spiro atoms. The van der Waals surface area contributed by atoms with Gasteiger partial charge in [-0.3, -0.25) is 14.5 Å². The van der Waals surface area contributed by atoms with Crippen LogP contribution in [0.15, 0.2) is 67.3 Å². The number of phenolic OH excluding ortho intramolecular Hbond substituents is 1. The number of aromatic hydroxyl groups is 1. The molecular weight excluding hydrogens is 428 g/mol. The van der Waals surface area contributed by atoms with Crippen LogP contribution in [0.5, 0.6) is 5.75 Å². The Kier molecular flexibility index (Phi) is 6.80. The first-order chi connectivity index (χ1) is 16.3. The molecule has 1 aliphatic heterocycles. The van der Waals surface area contributed by atoms with Crippen molar-refractivity contribution in [3.8, 4) is 5.75 Å². The van der Waals surface area contributed by atoms with E-state index >= 15 is 0 Å². The summed E-state index contributed by atoms with van der Waals surface area (Å²) >= 11 is 0. The molecule has 34 heavy (non-hydrogen) atoms. The second kappa shape index (κ2) is 9.63. The summed E-state index contributed by atoms with van der Waals surface area (Å²) in [6.07, 6.45) is 4.64. The van der Waals surface area contributed by atoms with Crippen LogP contribution in [0.1, 0.15) is 48.5 Å². The van der Waals surface area contributed by atoms with E-state index in [1.807, 2.05) is 60.5 Å². The summed E-state index contributed by atoms with van der Waals surface area (Å²) in [6, 6.07) is 16.6. The van der Waals surface area contributed by atoms with E-state index in [0.717, 1.165) is 31.5 Å². The maximum atomic E-state index is 13.3. The maximum absolute atomic E-state index is 13.3. The van der Waals surface area contributed by atoms with Gasteiger partial charge in [-0.1, -0.05) is 36.4 Å². The van der Waals surface area contributed by atoms with Crippen LogP contribution in [-0.4, -0.2) is 65.1 Å². The topological polar surface area (TPSA) is 70.1 Å². The molecule has 3 atom stereocenters. The molecule has 2 aromatic carbocycles. The lowest BCUT2D eigenvalue weighted by Crippen LogP contribution is -2.68. The minimum atomic E-state index is -0.749. The van der Waals surface area contributed by atoms with Gasteiger partial charge in [-0.15, -0.1) is 6.58 Å². The van der Waals surface area contributed by atoms with Crippen molar-refractivity contribution in [1.29, 1.82) is 0 Å². The largest absolute Gasteiger partial charge is 0.508 e. The second-order valence-corrected chi connectivity index (χ2v) is 9.67. The fraction of sp³-hybridized carbons (Fsp3) is 0.429. The number of hydrogen-bond donors (Lipinski definition) is 1. The molecule has 1 N–H and O–H groups in total. The van der Waals surface area contributed by atoms with Crippen LogP contribution in [-0.2, 0) is 14.9 Å². The predicted molar refractivity (Wildman–Crippen MR) is 132 cm³/mol. The van der Waals surface area contributed by atoms with Gasteiger partial charge in [0.05, 0.1) is 0 Å². The minimum absolute atomic E-state index is 0.0132. The molecule has 2 aliphatic rings. The Morgan fingerprint density at radius 3 is 2.65 bits per heavy atom. The first kappa shape index (κ1) is 24.0. The first-order valence-corrected chi connectivity index (χ1v) is 11.9. The van der Waals surface area contributed by atoms with Gasteiger partial charge >= 0.3 is 5.97 Å². The molecule has 3 unspecified atom stereocenters. The van der Waals surface area contributed by atoms with Gasteiger partial charge in [-0.2, -0.15) is 0 Å². The number of fused-ring (bicyclic) bond motifs is 1. The van der Waals surface area contributed by atoms with Crippen molar-refractivity contribution >= 4 is 11.9 Å². The summed E-state index contributed by atoms with van der Waals surface area (Å²) in [7, 11) is 1.86. The standard InChI is InChI=1S/C28H34N2O4/c1-4-16-30-17-15-27(23-11-8-12-25(32)18-23)19-24(13-14-28(27,20-30)34-21(2)31)29(3)26(33)22-9-6-5-7-10-22/h4-12,18,24,32H,1,13-17,19-20H2,2-3H3. The van der Waals surface area contributed by atoms with E-state index in [0.29, 0.717) is 24.9 Å². The number of ether oxygens (including phenoxy) is 1. The Hall–Kier alpha value is -3.12. The van der Waals surface area contributed by atoms with Crippen LogP contribution in [0.25, 0.3) is 0 Å². The molecule has 1 saturated carbocycles. The number of nitrogens with zero attached hydrogens (tertiary/aromatic N) is 2. The summed E-state index contributed by atoms with van der Waals surface area (Å²) in [6.45, 7) is 7.48. The molecular formula is C28H34N2O4. The minimum Gasteiger partial charge on any atom is -0.508 e. The summed E-state index contributed by atoms with van der Waals surface area (Å²) in [5, 5.41) is 10.3. The molecule has 6 heteroatoms. The van der Waals surface area contributed by atoms with Gasteiger partial charge < -0.3 is 14.7 Å². The number of carbonyl (C=O) groups is 2. The van der Waals surface area contributed by atoms with Gasteiger partial charge in [0.15, 0.2) is 0 Å². The molecule has 4 rings (SSSR count). The number of rotatable bonds is 6. The number of esters is 1. The van der Waals surface area contributed by atoms with Gasteiger partial charge in [0.25, 0.3) is 5.91 Å². The molecule has 1 aliphatic carbocycles. The van der Waals surface area contributed by atoms with Crippen molar-refractivity contribution in [2.75, 3.05) is 26.7 Å². The van der Waals surface area contributed by atoms with E-state index in [-0.39, 0.29) is 23.7 Å². The van der Waals surface area contributed by atoms with Crippen LogP contribution in [0.3, 0.4) is 0 Å². The summed E-state index contributed by atoms with van der Waals surface area (Å²) in [4.78, 5) is 29.8. The van der Waals surface area contributed by atoms with E-state index < -0.39 is 11.0 Å². The molecule has 2 aromatic rings. The Balaban J connectivity index is 1.76. The Morgan fingerprint density at radius 2 is 1.97 bits per heavy atom. The number of carbonyl (C=O) groups excluding carboxylic acids is 2. The SMILES string of the molecule is C=CCN1CCC2(c3cccc(O)c3)CC(N(C)C(=O)c3ccccc3)CCC2(OC(C)=O)C1. The van der Waals surface area contributed by atoms with Crippen molar-refractivity contribution in [1.82, 2.24) is 9.80 Å². The normalized spacial score (nSPS) is 26.8. The molecule has 0 radical (unpaired) electrons. The highest BCUT2D eigenvalue weighted by atomic mass is 16.6. The number of amides is 1. The molecule has 0 bridgehead atoms. The molecule has 1 amide bonds. The number of piperidine rings is 1. The third kappa shape index (κ3) is 4.34. The van der Waals surface area contributed by atoms with Crippen molar-refractivity contribution in [3.63, 3.8) is 0 Å².